The van der Waals surface area contributed by atoms with Crippen molar-refractivity contribution in [3.63, 3.8) is 0 Å². The molecule has 0 aliphatic rings. The van der Waals surface area contributed by atoms with E-state index in [2.05, 4.69) is 56.2 Å². The average molecular weight is 885 g/mol. The summed E-state index contributed by atoms with van der Waals surface area (Å²) in [6.07, 6.45) is -0.00720. The molecule has 0 aromatic heterocycles. The number of rotatable bonds is 33. The SMILES string of the molecule is Cc1cc(C)c(-c2cc(C)c(OC(CO)=NCCOCCOCCOCCOCCOCCOCCOCCOCCC(=O)Nc3cc(C(=O)O)cc(C(=O)O)c3)cc2C)c(C)c1. The van der Waals surface area contributed by atoms with Crippen LogP contribution in [0.3, 0.4) is 0 Å². The summed E-state index contributed by atoms with van der Waals surface area (Å²) in [5, 5.41) is 30.6. The quantitative estimate of drug-likeness (QED) is 0.0350. The van der Waals surface area contributed by atoms with E-state index in [-0.39, 0.29) is 49.0 Å². The summed E-state index contributed by atoms with van der Waals surface area (Å²) in [5.41, 5.74) is 7.77. The molecular weight excluding hydrogens is 821 g/mol. The van der Waals surface area contributed by atoms with E-state index in [1.54, 1.807) is 0 Å². The second kappa shape index (κ2) is 30.3. The minimum atomic E-state index is -1.30. The zero-order valence-corrected chi connectivity index (χ0v) is 37.2. The lowest BCUT2D eigenvalue weighted by Gasteiger charge is -2.17. The van der Waals surface area contributed by atoms with Crippen molar-refractivity contribution in [2.24, 2.45) is 4.99 Å². The first-order valence-corrected chi connectivity index (χ1v) is 20.9. The largest absolute Gasteiger partial charge is 0.478 e. The molecule has 63 heavy (non-hydrogen) atoms. The minimum absolute atomic E-state index is 0.00720. The molecular formula is C46H64N2O15. The van der Waals surface area contributed by atoms with E-state index in [1.807, 2.05) is 13.0 Å². The molecule has 0 saturated heterocycles. The molecule has 0 aliphatic carbocycles. The van der Waals surface area contributed by atoms with Crippen LogP contribution in [-0.4, -0.2) is 158 Å². The smallest absolute Gasteiger partial charge is 0.335 e. The van der Waals surface area contributed by atoms with Gasteiger partial charge in [0.1, 0.15) is 12.4 Å². The third kappa shape index (κ3) is 20.9. The van der Waals surface area contributed by atoms with Gasteiger partial charge in [0.05, 0.1) is 130 Å². The Kier molecular flexibility index (Phi) is 25.3. The Bertz CT molecular complexity index is 1850. The number of hydrogen-bond donors (Lipinski definition) is 4. The van der Waals surface area contributed by atoms with E-state index >= 15 is 0 Å². The monoisotopic (exact) mass is 884 g/mol. The molecule has 0 aliphatic heterocycles. The second-order valence-electron chi connectivity index (χ2n) is 14.3. The van der Waals surface area contributed by atoms with Crippen LogP contribution in [0.4, 0.5) is 5.69 Å². The lowest BCUT2D eigenvalue weighted by molar-refractivity contribution is -0.117. The van der Waals surface area contributed by atoms with E-state index in [1.165, 1.54) is 39.9 Å². The first-order valence-electron chi connectivity index (χ1n) is 20.9. The third-order valence-corrected chi connectivity index (χ3v) is 9.14. The van der Waals surface area contributed by atoms with E-state index < -0.39 is 17.8 Å². The van der Waals surface area contributed by atoms with Crippen LogP contribution in [0.15, 0.2) is 47.5 Å². The van der Waals surface area contributed by atoms with Gasteiger partial charge in [-0.2, -0.15) is 0 Å². The Morgan fingerprint density at radius 2 is 0.952 bits per heavy atom. The van der Waals surface area contributed by atoms with Crippen LogP contribution in [0.1, 0.15) is 55.0 Å². The van der Waals surface area contributed by atoms with Crippen LogP contribution < -0.4 is 10.1 Å². The predicted octanol–water partition coefficient (Wildman–Crippen LogP) is 5.22. The summed E-state index contributed by atoms with van der Waals surface area (Å²) < 4.78 is 49.9. The van der Waals surface area contributed by atoms with E-state index in [0.29, 0.717) is 105 Å². The molecule has 0 radical (unpaired) electrons. The number of aliphatic hydroxyl groups excluding tert-OH is 1. The maximum atomic E-state index is 12.1. The van der Waals surface area contributed by atoms with Gasteiger partial charge in [-0.3, -0.25) is 9.79 Å². The number of amides is 1. The van der Waals surface area contributed by atoms with Gasteiger partial charge in [-0.15, -0.1) is 0 Å². The molecule has 0 saturated carbocycles. The maximum absolute atomic E-state index is 12.1. The lowest BCUT2D eigenvalue weighted by Crippen LogP contribution is -2.17. The molecule has 3 aromatic rings. The van der Waals surface area contributed by atoms with E-state index in [4.69, 9.17) is 52.8 Å². The number of aliphatic hydroxyl groups is 1. The van der Waals surface area contributed by atoms with Gasteiger partial charge < -0.3 is 63.3 Å². The Hall–Kier alpha value is -4.82. The number of benzene rings is 3. The number of nitrogens with one attached hydrogen (secondary N) is 1. The third-order valence-electron chi connectivity index (χ3n) is 9.14. The van der Waals surface area contributed by atoms with Crippen LogP contribution in [0, 0.1) is 34.6 Å². The van der Waals surface area contributed by atoms with E-state index in [9.17, 15) is 19.5 Å². The van der Waals surface area contributed by atoms with Gasteiger partial charge >= 0.3 is 11.9 Å². The highest BCUT2D eigenvalue weighted by molar-refractivity contribution is 5.98. The molecule has 0 heterocycles. The van der Waals surface area contributed by atoms with Crippen LogP contribution >= 0.6 is 0 Å². The van der Waals surface area contributed by atoms with Crippen LogP contribution in [0.25, 0.3) is 11.1 Å². The predicted molar refractivity (Wildman–Crippen MR) is 236 cm³/mol. The molecule has 17 heteroatoms. The molecule has 0 atom stereocenters. The van der Waals surface area contributed by atoms with Crippen molar-refractivity contribution in [3.05, 3.63) is 81.4 Å². The number of aliphatic imine (C=N–C) groups is 1. The molecule has 17 nitrogen and oxygen atoms in total. The Morgan fingerprint density at radius 3 is 1.38 bits per heavy atom. The number of aryl methyl sites for hydroxylation is 5. The second-order valence-corrected chi connectivity index (χ2v) is 14.3. The first-order chi connectivity index (χ1) is 30.4. The van der Waals surface area contributed by atoms with Crippen molar-refractivity contribution < 1.29 is 72.3 Å². The van der Waals surface area contributed by atoms with Gasteiger partial charge in [0.15, 0.2) is 0 Å². The minimum Gasteiger partial charge on any atom is -0.478 e. The zero-order chi connectivity index (χ0) is 45.8. The molecule has 348 valence electrons. The summed E-state index contributed by atoms with van der Waals surface area (Å²) in [7, 11) is 0. The van der Waals surface area contributed by atoms with Gasteiger partial charge in [0.2, 0.25) is 11.8 Å². The van der Waals surface area contributed by atoms with Gasteiger partial charge in [-0.05, 0) is 98.3 Å². The number of anilines is 1. The van der Waals surface area contributed by atoms with Crippen molar-refractivity contribution in [2.45, 2.75) is 41.0 Å². The number of carbonyl (C=O) groups excluding carboxylic acids is 1. The number of carbonyl (C=O) groups is 3. The Labute approximate surface area is 369 Å². The fourth-order valence-electron chi connectivity index (χ4n) is 6.23. The van der Waals surface area contributed by atoms with Crippen LogP contribution in [0.5, 0.6) is 5.75 Å². The van der Waals surface area contributed by atoms with Crippen molar-refractivity contribution in [3.8, 4) is 16.9 Å². The maximum Gasteiger partial charge on any atom is 0.335 e. The van der Waals surface area contributed by atoms with Gasteiger partial charge in [-0.25, -0.2) is 9.59 Å². The highest BCUT2D eigenvalue weighted by Gasteiger charge is 2.15. The number of carboxylic acid groups (broad SMARTS) is 2. The van der Waals surface area contributed by atoms with Gasteiger partial charge in [0, 0.05) is 5.69 Å². The van der Waals surface area contributed by atoms with Crippen molar-refractivity contribution in [2.75, 3.05) is 124 Å². The highest BCUT2D eigenvalue weighted by Crippen LogP contribution is 2.35. The average Bonchev–Trinajstić information content (AvgIpc) is 3.23. The highest BCUT2D eigenvalue weighted by atomic mass is 16.6. The molecule has 0 fully saturated rings. The number of carboxylic acids is 2. The number of ether oxygens (including phenoxy) is 9. The number of nitrogens with zero attached hydrogens (tertiary/aromatic N) is 1. The standard InChI is InChI=1S/C46H64N2O15/c1-32-24-35(4)44(36(5)25-32)40-26-34(3)41(27-33(40)2)63-43(31-49)47-7-9-56-11-13-58-15-17-60-19-21-62-23-22-61-20-18-59-16-14-57-12-10-55-8-6-42(50)48-39-29-37(45(51)52)28-38(30-39)46(53)54/h24-30,49H,6-23,31H2,1-5H3,(H,48,50)(H,51,52)(H,53,54). The molecule has 4 N–H and O–H groups in total. The summed E-state index contributed by atoms with van der Waals surface area (Å²) in [6, 6.07) is 11.9. The fraction of sp³-hybridized carbons (Fsp3) is 0.522. The summed E-state index contributed by atoms with van der Waals surface area (Å²) in [6.45, 7) is 16.5. The zero-order valence-electron chi connectivity index (χ0n) is 37.2. The molecule has 1 amide bonds. The first kappa shape index (κ1) is 52.5. The summed E-state index contributed by atoms with van der Waals surface area (Å²) in [5.74, 6) is -2.15. The Balaban J connectivity index is 1.06. The molecule has 0 bridgehead atoms. The van der Waals surface area contributed by atoms with Crippen LogP contribution in [-0.2, 0) is 42.7 Å². The lowest BCUT2D eigenvalue weighted by atomic mass is 9.90. The molecule has 0 unspecified atom stereocenters. The molecule has 0 spiro atoms. The van der Waals surface area contributed by atoms with Gasteiger partial charge in [-0.1, -0.05) is 17.7 Å². The fourth-order valence-corrected chi connectivity index (χ4v) is 6.23. The summed E-state index contributed by atoms with van der Waals surface area (Å²) >= 11 is 0. The van der Waals surface area contributed by atoms with Crippen molar-refractivity contribution in [1.82, 2.24) is 0 Å². The van der Waals surface area contributed by atoms with Crippen molar-refractivity contribution in [1.29, 1.82) is 0 Å². The van der Waals surface area contributed by atoms with Crippen molar-refractivity contribution >= 4 is 29.4 Å². The topological polar surface area (TPSA) is 219 Å². The van der Waals surface area contributed by atoms with E-state index in [0.717, 1.165) is 17.2 Å². The number of hydrogen-bond acceptors (Lipinski definition) is 14. The molecule has 3 rings (SSSR count). The van der Waals surface area contributed by atoms with Crippen LogP contribution in [0.2, 0.25) is 0 Å². The Morgan fingerprint density at radius 1 is 0.524 bits per heavy atom. The normalized spacial score (nSPS) is 11.6. The number of aromatic carboxylic acids is 2. The molecule has 3 aromatic carbocycles. The van der Waals surface area contributed by atoms with Gasteiger partial charge in [0.25, 0.3) is 0 Å². The summed E-state index contributed by atoms with van der Waals surface area (Å²) in [4.78, 5) is 38.9.